The van der Waals surface area contributed by atoms with Crippen molar-refractivity contribution in [2.24, 2.45) is 0 Å². The van der Waals surface area contributed by atoms with Gasteiger partial charge in [0.25, 0.3) is 5.91 Å². The number of benzene rings is 1. The molecule has 1 heterocycles. The van der Waals surface area contributed by atoms with E-state index in [9.17, 15) is 9.59 Å². The van der Waals surface area contributed by atoms with Gasteiger partial charge < -0.3 is 25.3 Å². The largest absolute Gasteiger partial charge is 0.466 e. The normalized spacial score (nSPS) is 12.1. The van der Waals surface area contributed by atoms with Gasteiger partial charge in [0, 0.05) is 18.3 Å². The predicted octanol–water partition coefficient (Wildman–Crippen LogP) is 0.681. The second kappa shape index (κ2) is 6.14. The van der Waals surface area contributed by atoms with Gasteiger partial charge in [-0.1, -0.05) is 0 Å². The molecule has 1 aliphatic heterocycles. The fraction of sp³-hybridized carbons (Fsp3) is 0.385. The molecule has 0 saturated carbocycles. The Hall–Kier alpha value is -2.44. The molecule has 0 fully saturated rings. The Morgan fingerprint density at radius 3 is 2.75 bits per heavy atom. The molecule has 7 heteroatoms. The van der Waals surface area contributed by atoms with Crippen LogP contribution >= 0.6 is 0 Å². The van der Waals surface area contributed by atoms with Crippen LogP contribution in [0.1, 0.15) is 23.7 Å². The Bertz CT molecular complexity index is 530. The third-order valence-electron chi connectivity index (χ3n) is 2.71. The summed E-state index contributed by atoms with van der Waals surface area (Å²) >= 11 is 0. The van der Waals surface area contributed by atoms with Gasteiger partial charge in [-0.2, -0.15) is 0 Å². The zero-order valence-electron chi connectivity index (χ0n) is 11.1. The highest BCUT2D eigenvalue weighted by Gasteiger charge is 2.19. The molecule has 0 bridgehead atoms. The van der Waals surface area contributed by atoms with Gasteiger partial charge in [-0.3, -0.25) is 9.59 Å². The maximum absolute atomic E-state index is 12.0. The van der Waals surface area contributed by atoms with Gasteiger partial charge in [0.1, 0.15) is 0 Å². The van der Waals surface area contributed by atoms with E-state index < -0.39 is 0 Å². The summed E-state index contributed by atoms with van der Waals surface area (Å²) in [6.45, 7) is 2.35. The number of nitrogen functional groups attached to an aromatic ring is 1. The lowest BCUT2D eigenvalue weighted by molar-refractivity contribution is -0.142. The Labute approximate surface area is 116 Å². The van der Waals surface area contributed by atoms with Crippen LogP contribution in [0.25, 0.3) is 0 Å². The molecule has 3 N–H and O–H groups in total. The average Bonchev–Trinajstić information content (AvgIpc) is 2.84. The summed E-state index contributed by atoms with van der Waals surface area (Å²) in [7, 11) is 0. The van der Waals surface area contributed by atoms with E-state index in [1.54, 1.807) is 13.0 Å². The first-order chi connectivity index (χ1) is 9.61. The van der Waals surface area contributed by atoms with E-state index >= 15 is 0 Å². The van der Waals surface area contributed by atoms with Gasteiger partial charge in [-0.25, -0.2) is 0 Å². The lowest BCUT2D eigenvalue weighted by Crippen LogP contribution is -2.27. The maximum atomic E-state index is 12.0. The third kappa shape index (κ3) is 3.11. The number of fused-ring (bicyclic) bond motifs is 1. The minimum Gasteiger partial charge on any atom is -0.466 e. The van der Waals surface area contributed by atoms with Crippen molar-refractivity contribution in [1.82, 2.24) is 5.32 Å². The van der Waals surface area contributed by atoms with Crippen LogP contribution in [0.15, 0.2) is 12.1 Å². The standard InChI is InChI=1S/C13H16N2O5/c1-2-18-12(16)3-4-15-13(17)8-5-10-11(6-9(8)14)20-7-19-10/h5-6H,2-4,7,14H2,1H3,(H,15,17). The minimum absolute atomic E-state index is 0.114. The molecule has 0 aromatic heterocycles. The second-order valence-corrected chi connectivity index (χ2v) is 4.10. The van der Waals surface area contributed by atoms with Crippen LogP contribution in [-0.2, 0) is 9.53 Å². The number of nitrogens with one attached hydrogen (secondary N) is 1. The van der Waals surface area contributed by atoms with Crippen LogP contribution in [0.5, 0.6) is 11.5 Å². The molecular formula is C13H16N2O5. The van der Waals surface area contributed by atoms with Crippen molar-refractivity contribution in [3.05, 3.63) is 17.7 Å². The fourth-order valence-electron chi connectivity index (χ4n) is 1.76. The first-order valence-electron chi connectivity index (χ1n) is 6.24. The summed E-state index contributed by atoms with van der Waals surface area (Å²) in [5.74, 6) is 0.275. The highest BCUT2D eigenvalue weighted by Crippen LogP contribution is 2.35. The molecule has 0 atom stereocenters. The van der Waals surface area contributed by atoms with Crippen molar-refractivity contribution in [1.29, 1.82) is 0 Å². The minimum atomic E-state index is -0.370. The van der Waals surface area contributed by atoms with Crippen LogP contribution in [0.4, 0.5) is 5.69 Å². The van der Waals surface area contributed by atoms with Gasteiger partial charge in [-0.05, 0) is 13.0 Å². The summed E-state index contributed by atoms with van der Waals surface area (Å²) < 4.78 is 15.1. The van der Waals surface area contributed by atoms with E-state index in [1.165, 1.54) is 6.07 Å². The van der Waals surface area contributed by atoms with Crippen molar-refractivity contribution in [2.75, 3.05) is 25.7 Å². The van der Waals surface area contributed by atoms with E-state index in [0.29, 0.717) is 23.8 Å². The average molecular weight is 280 g/mol. The molecule has 1 aliphatic rings. The number of amides is 1. The number of hydrogen-bond acceptors (Lipinski definition) is 6. The first-order valence-corrected chi connectivity index (χ1v) is 6.24. The number of carbonyl (C=O) groups is 2. The van der Waals surface area contributed by atoms with Gasteiger partial charge >= 0.3 is 5.97 Å². The Balaban J connectivity index is 1.94. The van der Waals surface area contributed by atoms with Crippen LogP contribution in [-0.4, -0.2) is 31.8 Å². The molecule has 1 aromatic rings. The molecule has 0 aliphatic carbocycles. The highest BCUT2D eigenvalue weighted by molar-refractivity contribution is 6.00. The SMILES string of the molecule is CCOC(=O)CCNC(=O)c1cc2c(cc1N)OCO2. The van der Waals surface area contributed by atoms with Gasteiger partial charge in [-0.15, -0.1) is 0 Å². The summed E-state index contributed by atoms with van der Waals surface area (Å²) in [6.07, 6.45) is 0.115. The quantitative estimate of drug-likeness (QED) is 0.607. The monoisotopic (exact) mass is 280 g/mol. The number of carbonyl (C=O) groups excluding carboxylic acids is 2. The van der Waals surface area contributed by atoms with E-state index in [-0.39, 0.29) is 37.2 Å². The number of anilines is 1. The van der Waals surface area contributed by atoms with E-state index in [1.807, 2.05) is 0 Å². The molecule has 0 unspecified atom stereocenters. The van der Waals surface area contributed by atoms with Crippen molar-refractivity contribution in [3.63, 3.8) is 0 Å². The van der Waals surface area contributed by atoms with Crippen LogP contribution in [0.2, 0.25) is 0 Å². The number of hydrogen-bond donors (Lipinski definition) is 2. The number of rotatable bonds is 5. The zero-order valence-corrected chi connectivity index (χ0v) is 11.1. The Morgan fingerprint density at radius 1 is 1.35 bits per heavy atom. The summed E-state index contributed by atoms with van der Waals surface area (Å²) in [5, 5.41) is 2.60. The summed E-state index contributed by atoms with van der Waals surface area (Å²) in [6, 6.07) is 3.07. The second-order valence-electron chi connectivity index (χ2n) is 4.10. The van der Waals surface area contributed by atoms with Crippen molar-refractivity contribution >= 4 is 17.6 Å². The highest BCUT2D eigenvalue weighted by atomic mass is 16.7. The van der Waals surface area contributed by atoms with Gasteiger partial charge in [0.2, 0.25) is 6.79 Å². The Morgan fingerprint density at radius 2 is 2.05 bits per heavy atom. The van der Waals surface area contributed by atoms with Gasteiger partial charge in [0.05, 0.1) is 18.6 Å². The summed E-state index contributed by atoms with van der Waals surface area (Å²) in [5.41, 5.74) is 6.37. The molecule has 1 aromatic carbocycles. The molecule has 0 spiro atoms. The van der Waals surface area contributed by atoms with Crippen LogP contribution in [0, 0.1) is 0 Å². The topological polar surface area (TPSA) is 99.9 Å². The maximum Gasteiger partial charge on any atom is 0.307 e. The lowest BCUT2D eigenvalue weighted by atomic mass is 10.1. The van der Waals surface area contributed by atoms with Crippen LogP contribution in [0.3, 0.4) is 0 Å². The number of esters is 1. The zero-order chi connectivity index (χ0) is 14.5. The van der Waals surface area contributed by atoms with Gasteiger partial charge in [0.15, 0.2) is 11.5 Å². The number of ether oxygens (including phenoxy) is 3. The van der Waals surface area contributed by atoms with E-state index in [0.717, 1.165) is 0 Å². The van der Waals surface area contributed by atoms with Crippen molar-refractivity contribution in [2.45, 2.75) is 13.3 Å². The molecule has 0 saturated heterocycles. The Kier molecular flexibility index (Phi) is 4.29. The van der Waals surface area contributed by atoms with Crippen molar-refractivity contribution in [3.8, 4) is 11.5 Å². The summed E-state index contributed by atoms with van der Waals surface area (Å²) in [4.78, 5) is 23.1. The number of nitrogens with two attached hydrogens (primary N) is 1. The fourth-order valence-corrected chi connectivity index (χ4v) is 1.76. The molecule has 20 heavy (non-hydrogen) atoms. The third-order valence-corrected chi connectivity index (χ3v) is 2.71. The van der Waals surface area contributed by atoms with Crippen LogP contribution < -0.4 is 20.5 Å². The lowest BCUT2D eigenvalue weighted by Gasteiger charge is -2.08. The first kappa shape index (κ1) is 14.0. The van der Waals surface area contributed by atoms with Crippen molar-refractivity contribution < 1.29 is 23.8 Å². The smallest absolute Gasteiger partial charge is 0.307 e. The molecule has 1 amide bonds. The molecule has 108 valence electrons. The molecule has 2 rings (SSSR count). The molecular weight excluding hydrogens is 264 g/mol. The molecule has 7 nitrogen and oxygen atoms in total. The predicted molar refractivity (Wildman–Crippen MR) is 70.6 cm³/mol. The molecule has 0 radical (unpaired) electrons. The van der Waals surface area contributed by atoms with E-state index in [4.69, 9.17) is 19.9 Å². The van der Waals surface area contributed by atoms with E-state index in [2.05, 4.69) is 5.32 Å².